The average molecular weight is 527 g/mol. The number of nitrogens with zero attached hydrogens (tertiary/aromatic N) is 4. The molecular formula is C25H25BrClN5O. The molecule has 1 amide bonds. The number of anilines is 2. The summed E-state index contributed by atoms with van der Waals surface area (Å²) in [6, 6.07) is 15.3. The first kappa shape index (κ1) is 23.3. The molecule has 0 saturated carbocycles. The maximum absolute atomic E-state index is 12.8. The topological polar surface area (TPSA) is 63.1 Å². The number of nitrogens with one attached hydrogen (secondary N) is 1. The van der Waals surface area contributed by atoms with Crippen LogP contribution in [-0.2, 0) is 0 Å². The zero-order valence-electron chi connectivity index (χ0n) is 19.0. The van der Waals surface area contributed by atoms with Gasteiger partial charge in [0.05, 0.1) is 16.3 Å². The SMILES string of the molecule is CCN(CC)c1ccc(-n2nc3cc(C)c(NC(=O)c4cc(Br)ccc4Cl)cc3n2)c(C)c1. The van der Waals surface area contributed by atoms with Gasteiger partial charge in [0.25, 0.3) is 5.91 Å². The van der Waals surface area contributed by atoms with E-state index in [9.17, 15) is 4.79 Å². The number of benzene rings is 3. The first-order valence-corrected chi connectivity index (χ1v) is 12.0. The first-order valence-electron chi connectivity index (χ1n) is 10.8. The summed E-state index contributed by atoms with van der Waals surface area (Å²) in [5.41, 5.74) is 6.62. The lowest BCUT2D eigenvalue weighted by molar-refractivity contribution is 0.102. The Bertz CT molecular complexity index is 1350. The van der Waals surface area contributed by atoms with Gasteiger partial charge in [0, 0.05) is 28.9 Å². The van der Waals surface area contributed by atoms with Gasteiger partial charge in [-0.2, -0.15) is 4.80 Å². The number of halogens is 2. The third-order valence-electron chi connectivity index (χ3n) is 5.67. The number of hydrogen-bond donors (Lipinski definition) is 1. The number of carbonyl (C=O) groups excluding carboxylic acids is 1. The Balaban J connectivity index is 1.66. The van der Waals surface area contributed by atoms with Crippen molar-refractivity contribution in [3.63, 3.8) is 0 Å². The highest BCUT2D eigenvalue weighted by Crippen LogP contribution is 2.27. The van der Waals surface area contributed by atoms with Crippen molar-refractivity contribution in [1.82, 2.24) is 15.0 Å². The Morgan fingerprint density at radius 1 is 1.00 bits per heavy atom. The highest BCUT2D eigenvalue weighted by Gasteiger charge is 2.15. The summed E-state index contributed by atoms with van der Waals surface area (Å²) in [5, 5.41) is 12.7. The Kier molecular flexibility index (Phi) is 6.72. The maximum Gasteiger partial charge on any atom is 0.257 e. The lowest BCUT2D eigenvalue weighted by Crippen LogP contribution is -2.21. The van der Waals surface area contributed by atoms with Gasteiger partial charge < -0.3 is 10.2 Å². The third-order valence-corrected chi connectivity index (χ3v) is 6.49. The lowest BCUT2D eigenvalue weighted by atomic mass is 10.1. The molecule has 33 heavy (non-hydrogen) atoms. The molecule has 0 radical (unpaired) electrons. The number of fused-ring (bicyclic) bond motifs is 1. The van der Waals surface area contributed by atoms with Crippen LogP contribution in [-0.4, -0.2) is 34.0 Å². The Morgan fingerprint density at radius 3 is 2.36 bits per heavy atom. The molecule has 8 heteroatoms. The second-order valence-electron chi connectivity index (χ2n) is 7.87. The molecule has 3 aromatic carbocycles. The minimum Gasteiger partial charge on any atom is -0.372 e. The van der Waals surface area contributed by atoms with Gasteiger partial charge in [-0.05, 0) is 87.4 Å². The molecule has 0 aliphatic carbocycles. The van der Waals surface area contributed by atoms with Crippen molar-refractivity contribution in [1.29, 1.82) is 0 Å². The van der Waals surface area contributed by atoms with Gasteiger partial charge in [0.2, 0.25) is 0 Å². The van der Waals surface area contributed by atoms with E-state index in [0.717, 1.165) is 39.9 Å². The zero-order valence-corrected chi connectivity index (χ0v) is 21.3. The molecule has 0 aliphatic heterocycles. The van der Waals surface area contributed by atoms with Crippen LogP contribution in [0.15, 0.2) is 53.0 Å². The average Bonchev–Trinajstić information content (AvgIpc) is 3.18. The highest BCUT2D eigenvalue weighted by molar-refractivity contribution is 9.10. The van der Waals surface area contributed by atoms with Crippen molar-refractivity contribution in [2.24, 2.45) is 0 Å². The van der Waals surface area contributed by atoms with E-state index in [4.69, 9.17) is 11.6 Å². The van der Waals surface area contributed by atoms with E-state index < -0.39 is 0 Å². The predicted molar refractivity (Wildman–Crippen MR) is 139 cm³/mol. The normalized spacial score (nSPS) is 11.1. The van der Waals surface area contributed by atoms with E-state index in [2.05, 4.69) is 69.2 Å². The smallest absolute Gasteiger partial charge is 0.257 e. The molecule has 0 aliphatic rings. The number of hydrogen-bond acceptors (Lipinski definition) is 4. The van der Waals surface area contributed by atoms with Crippen molar-refractivity contribution in [2.75, 3.05) is 23.3 Å². The van der Waals surface area contributed by atoms with Gasteiger partial charge in [-0.1, -0.05) is 27.5 Å². The van der Waals surface area contributed by atoms with E-state index in [0.29, 0.717) is 21.8 Å². The minimum atomic E-state index is -0.279. The molecule has 0 atom stereocenters. The van der Waals surface area contributed by atoms with Gasteiger partial charge in [0.1, 0.15) is 11.0 Å². The number of aryl methyl sites for hydroxylation is 2. The molecule has 0 bridgehead atoms. The molecule has 4 rings (SSSR count). The third kappa shape index (κ3) is 4.75. The van der Waals surface area contributed by atoms with E-state index in [1.165, 1.54) is 5.69 Å². The molecule has 1 aromatic heterocycles. The van der Waals surface area contributed by atoms with Crippen molar-refractivity contribution in [3.8, 4) is 5.69 Å². The summed E-state index contributed by atoms with van der Waals surface area (Å²) < 4.78 is 0.787. The lowest BCUT2D eigenvalue weighted by Gasteiger charge is -2.22. The number of aromatic nitrogens is 3. The fraction of sp³-hybridized carbons (Fsp3) is 0.240. The van der Waals surface area contributed by atoms with E-state index in [1.807, 2.05) is 25.1 Å². The van der Waals surface area contributed by atoms with Gasteiger partial charge in [-0.15, -0.1) is 10.2 Å². The number of carbonyl (C=O) groups is 1. The van der Waals surface area contributed by atoms with Gasteiger partial charge >= 0.3 is 0 Å². The van der Waals surface area contributed by atoms with Gasteiger partial charge in [0.15, 0.2) is 0 Å². The van der Waals surface area contributed by atoms with Crippen LogP contribution in [0.2, 0.25) is 5.02 Å². The molecule has 6 nitrogen and oxygen atoms in total. The largest absolute Gasteiger partial charge is 0.372 e. The van der Waals surface area contributed by atoms with Crippen molar-refractivity contribution < 1.29 is 4.79 Å². The summed E-state index contributed by atoms with van der Waals surface area (Å²) in [6.07, 6.45) is 0. The minimum absolute atomic E-state index is 0.279. The van der Waals surface area contributed by atoms with Gasteiger partial charge in [-0.25, -0.2) is 0 Å². The Hall–Kier alpha value is -2.90. The highest BCUT2D eigenvalue weighted by atomic mass is 79.9. The molecule has 0 saturated heterocycles. The summed E-state index contributed by atoms with van der Waals surface area (Å²) >= 11 is 9.60. The molecule has 4 aromatic rings. The van der Waals surface area contributed by atoms with Crippen LogP contribution < -0.4 is 10.2 Å². The molecule has 0 fully saturated rings. The van der Waals surface area contributed by atoms with Crippen molar-refractivity contribution in [2.45, 2.75) is 27.7 Å². The van der Waals surface area contributed by atoms with Crippen LogP contribution in [0, 0.1) is 13.8 Å². The molecule has 170 valence electrons. The van der Waals surface area contributed by atoms with Crippen LogP contribution in [0.5, 0.6) is 0 Å². The summed E-state index contributed by atoms with van der Waals surface area (Å²) in [7, 11) is 0. The second kappa shape index (κ2) is 9.53. The summed E-state index contributed by atoms with van der Waals surface area (Å²) in [6.45, 7) is 10.2. The first-order chi connectivity index (χ1) is 15.8. The fourth-order valence-electron chi connectivity index (χ4n) is 3.82. The van der Waals surface area contributed by atoms with Crippen LogP contribution in [0.1, 0.15) is 35.3 Å². The fourth-order valence-corrected chi connectivity index (χ4v) is 4.39. The van der Waals surface area contributed by atoms with Crippen molar-refractivity contribution >= 4 is 55.8 Å². The van der Waals surface area contributed by atoms with E-state index in [-0.39, 0.29) is 5.91 Å². The molecule has 1 heterocycles. The number of amides is 1. The molecule has 0 spiro atoms. The van der Waals surface area contributed by atoms with Crippen LogP contribution >= 0.6 is 27.5 Å². The summed E-state index contributed by atoms with van der Waals surface area (Å²) in [5.74, 6) is -0.279. The maximum atomic E-state index is 12.8. The van der Waals surface area contributed by atoms with E-state index >= 15 is 0 Å². The Labute approximate surface area is 206 Å². The zero-order chi connectivity index (χ0) is 23.7. The second-order valence-corrected chi connectivity index (χ2v) is 9.19. The standard InChI is InChI=1S/C25H25BrClN5O/c1-5-31(6-2)18-8-10-24(16(4)11-18)32-29-22-12-15(3)21(14-23(22)30-32)28-25(33)19-13-17(26)7-9-20(19)27/h7-14H,5-6H2,1-4H3,(H,28,33). The quantitative estimate of drug-likeness (QED) is 0.309. The Morgan fingerprint density at radius 2 is 1.70 bits per heavy atom. The van der Waals surface area contributed by atoms with Gasteiger partial charge in [-0.3, -0.25) is 4.79 Å². The molecule has 1 N–H and O–H groups in total. The molecule has 0 unspecified atom stereocenters. The monoisotopic (exact) mass is 525 g/mol. The summed E-state index contributed by atoms with van der Waals surface area (Å²) in [4.78, 5) is 16.8. The molecular weight excluding hydrogens is 502 g/mol. The number of rotatable bonds is 6. The van der Waals surface area contributed by atoms with Crippen LogP contribution in [0.4, 0.5) is 11.4 Å². The van der Waals surface area contributed by atoms with Crippen molar-refractivity contribution in [3.05, 3.63) is 74.7 Å². The van der Waals surface area contributed by atoms with E-state index in [1.54, 1.807) is 23.0 Å². The van der Waals surface area contributed by atoms with Crippen LogP contribution in [0.3, 0.4) is 0 Å². The van der Waals surface area contributed by atoms with Crippen LogP contribution in [0.25, 0.3) is 16.7 Å². The predicted octanol–water partition coefficient (Wildman–Crippen LogP) is 6.55.